The summed E-state index contributed by atoms with van der Waals surface area (Å²) in [6.07, 6.45) is -0.670. The molecule has 0 saturated heterocycles. The quantitative estimate of drug-likeness (QED) is 0.160. The summed E-state index contributed by atoms with van der Waals surface area (Å²) in [5.74, 6) is -1.59. The first-order chi connectivity index (χ1) is 17.9. The van der Waals surface area contributed by atoms with E-state index in [1.807, 2.05) is 0 Å². The Balaban J connectivity index is 2.24. The molecule has 38 heavy (non-hydrogen) atoms. The predicted octanol–water partition coefficient (Wildman–Crippen LogP) is 5.60. The predicted molar refractivity (Wildman–Crippen MR) is 138 cm³/mol. The molecule has 0 aliphatic heterocycles. The van der Waals surface area contributed by atoms with Gasteiger partial charge in [0.25, 0.3) is 0 Å². The van der Waals surface area contributed by atoms with Crippen molar-refractivity contribution in [1.29, 1.82) is 0 Å². The molecule has 0 fully saturated rings. The molecule has 14 heteroatoms. The fraction of sp³-hybridized carbons (Fsp3) is 0.208. The van der Waals surface area contributed by atoms with Crippen molar-refractivity contribution in [3.05, 3.63) is 91.0 Å². The number of rotatable bonds is 12. The van der Waals surface area contributed by atoms with Crippen molar-refractivity contribution in [2.45, 2.75) is 38.2 Å². The van der Waals surface area contributed by atoms with Crippen molar-refractivity contribution >= 4 is 48.1 Å². The summed E-state index contributed by atoms with van der Waals surface area (Å²) in [4.78, 5) is 12.5. The van der Waals surface area contributed by atoms with Crippen LogP contribution in [-0.4, -0.2) is 43.9 Å². The molecule has 0 spiro atoms. The van der Waals surface area contributed by atoms with Crippen molar-refractivity contribution in [1.82, 2.24) is 0 Å². The Morgan fingerprint density at radius 1 is 0.816 bits per heavy atom. The summed E-state index contributed by atoms with van der Waals surface area (Å²) >= 11 is 5.45. The molecule has 0 radical (unpaired) electrons. The van der Waals surface area contributed by atoms with Crippen LogP contribution < -0.4 is 0 Å². The summed E-state index contributed by atoms with van der Waals surface area (Å²) in [5, 5.41) is -5.42. The van der Waals surface area contributed by atoms with Gasteiger partial charge in [-0.2, -0.15) is 25.6 Å². The van der Waals surface area contributed by atoms with Crippen LogP contribution in [0.5, 0.6) is 0 Å². The van der Waals surface area contributed by atoms with E-state index in [4.69, 9.17) is 15.2 Å². The SMILES string of the molecule is O=C(CCCCl)OC(C(F)(F)S(=O)(=O)OS(c1ccccc1)(c1ccccc1)c1ccccc1)S(=O)(=O)O. The van der Waals surface area contributed by atoms with Gasteiger partial charge in [-0.1, -0.05) is 54.6 Å². The molecule has 8 nitrogen and oxygen atoms in total. The van der Waals surface area contributed by atoms with Crippen molar-refractivity contribution in [3.63, 3.8) is 0 Å². The molecule has 0 saturated carbocycles. The Bertz CT molecular complexity index is 1340. The Labute approximate surface area is 225 Å². The summed E-state index contributed by atoms with van der Waals surface area (Å²) < 4.78 is 101. The fourth-order valence-electron chi connectivity index (χ4n) is 3.35. The minimum Gasteiger partial charge on any atom is -0.435 e. The first-order valence-corrected chi connectivity index (χ1v) is 15.9. The third-order valence-corrected chi connectivity index (χ3v) is 11.6. The fourth-order valence-corrected chi connectivity index (χ4v) is 9.88. The van der Waals surface area contributed by atoms with E-state index < -0.39 is 53.6 Å². The first kappa shape index (κ1) is 30.0. The molecule has 0 aromatic heterocycles. The zero-order valence-electron chi connectivity index (χ0n) is 19.5. The van der Waals surface area contributed by atoms with Crippen LogP contribution >= 0.6 is 21.9 Å². The number of hydrogen-bond acceptors (Lipinski definition) is 7. The van der Waals surface area contributed by atoms with Gasteiger partial charge in [-0.25, -0.2) is 3.63 Å². The molecular formula is C24H23ClF2O8S3. The zero-order chi connectivity index (χ0) is 28.0. The molecule has 206 valence electrons. The van der Waals surface area contributed by atoms with Crippen LogP contribution in [0.25, 0.3) is 0 Å². The molecule has 0 aliphatic rings. The normalized spacial score (nSPS) is 14.0. The third kappa shape index (κ3) is 6.35. The Morgan fingerprint density at radius 2 is 1.21 bits per heavy atom. The molecule has 3 rings (SSSR count). The lowest BCUT2D eigenvalue weighted by atomic mass is 10.3. The highest BCUT2D eigenvalue weighted by atomic mass is 35.5. The highest BCUT2D eigenvalue weighted by Crippen LogP contribution is 2.70. The third-order valence-electron chi connectivity index (χ3n) is 5.05. The van der Waals surface area contributed by atoms with E-state index in [0.29, 0.717) is 0 Å². The number of carbonyl (C=O) groups is 1. The second-order valence-electron chi connectivity index (χ2n) is 7.71. The molecular weight excluding hydrogens is 586 g/mol. The lowest BCUT2D eigenvalue weighted by molar-refractivity contribution is -0.153. The number of alkyl halides is 3. The molecule has 3 aromatic carbocycles. The van der Waals surface area contributed by atoms with Crippen LogP contribution in [0.3, 0.4) is 0 Å². The van der Waals surface area contributed by atoms with E-state index in [0.717, 1.165) is 0 Å². The van der Waals surface area contributed by atoms with Crippen molar-refractivity contribution in [3.8, 4) is 0 Å². The van der Waals surface area contributed by atoms with Gasteiger partial charge in [-0.15, -0.1) is 11.6 Å². The van der Waals surface area contributed by atoms with Crippen LogP contribution in [0.4, 0.5) is 8.78 Å². The van der Waals surface area contributed by atoms with Crippen LogP contribution in [-0.2, 0) is 33.4 Å². The van der Waals surface area contributed by atoms with Crippen molar-refractivity contribution in [2.75, 3.05) is 5.88 Å². The summed E-state index contributed by atoms with van der Waals surface area (Å²) in [7, 11) is -15.7. The van der Waals surface area contributed by atoms with Crippen molar-refractivity contribution < 1.29 is 43.3 Å². The molecule has 1 unspecified atom stereocenters. The number of halogens is 3. The maximum Gasteiger partial charge on any atom is 0.423 e. The highest BCUT2D eigenvalue weighted by Gasteiger charge is 2.63. The Hall–Kier alpha value is -2.55. The van der Waals surface area contributed by atoms with Crippen molar-refractivity contribution in [2.24, 2.45) is 0 Å². The first-order valence-electron chi connectivity index (χ1n) is 10.9. The molecule has 3 aromatic rings. The van der Waals surface area contributed by atoms with Gasteiger partial charge >= 0.3 is 36.9 Å². The minimum atomic E-state index is -6.25. The Morgan fingerprint density at radius 3 is 1.55 bits per heavy atom. The lowest BCUT2D eigenvalue weighted by Gasteiger charge is -2.40. The number of hydrogen-bond donors (Lipinski definition) is 1. The van der Waals surface area contributed by atoms with E-state index in [2.05, 4.69) is 4.74 Å². The van der Waals surface area contributed by atoms with Crippen LogP contribution in [0.1, 0.15) is 12.8 Å². The Kier molecular flexibility index (Phi) is 9.55. The zero-order valence-corrected chi connectivity index (χ0v) is 22.7. The molecule has 0 heterocycles. The second kappa shape index (κ2) is 12.1. The molecule has 0 bridgehead atoms. The largest absolute Gasteiger partial charge is 0.435 e. The van der Waals surface area contributed by atoms with Gasteiger partial charge in [-0.3, -0.25) is 9.35 Å². The average molecular weight is 609 g/mol. The van der Waals surface area contributed by atoms with E-state index in [9.17, 15) is 26.2 Å². The van der Waals surface area contributed by atoms with E-state index >= 15 is 8.78 Å². The van der Waals surface area contributed by atoms with E-state index in [1.54, 1.807) is 54.6 Å². The number of ether oxygens (including phenoxy) is 1. The monoisotopic (exact) mass is 608 g/mol. The van der Waals surface area contributed by atoms with Gasteiger partial charge in [0.2, 0.25) is 0 Å². The number of esters is 1. The number of carbonyl (C=O) groups excluding carboxylic acids is 1. The van der Waals surface area contributed by atoms with Gasteiger partial charge < -0.3 is 4.74 Å². The van der Waals surface area contributed by atoms with Gasteiger partial charge in [0, 0.05) is 27.0 Å². The topological polar surface area (TPSA) is 124 Å². The van der Waals surface area contributed by atoms with Crippen LogP contribution in [0.15, 0.2) is 106 Å². The molecule has 0 aliphatic carbocycles. The van der Waals surface area contributed by atoms with Gasteiger partial charge in [-0.05, 0) is 53.1 Å². The standard InChI is InChI=1S/C24H23ClF2O8S3/c25-18-10-17-22(28)34-23(37(29,30)31)24(26,27)38(32,33)35-36(19-11-4-1-5-12-19,20-13-6-2-7-14-20)21-15-8-3-9-16-21/h1-9,11-16,23H,10,17-18H2,(H,29,30,31). The molecule has 1 atom stereocenters. The second-order valence-corrected chi connectivity index (χ2v) is 14.1. The number of benzene rings is 3. The lowest BCUT2D eigenvalue weighted by Crippen LogP contribution is -2.49. The summed E-state index contributed by atoms with van der Waals surface area (Å²) in [6, 6.07) is 23.1. The van der Waals surface area contributed by atoms with Crippen LogP contribution in [0, 0.1) is 0 Å². The van der Waals surface area contributed by atoms with E-state index in [-0.39, 0.29) is 27.0 Å². The maximum atomic E-state index is 15.6. The van der Waals surface area contributed by atoms with Crippen LogP contribution in [0.2, 0.25) is 0 Å². The van der Waals surface area contributed by atoms with Gasteiger partial charge in [0.15, 0.2) is 0 Å². The van der Waals surface area contributed by atoms with Gasteiger partial charge in [0.1, 0.15) is 0 Å². The molecule has 1 N–H and O–H groups in total. The maximum absolute atomic E-state index is 15.6. The smallest absolute Gasteiger partial charge is 0.423 e. The summed E-state index contributed by atoms with van der Waals surface area (Å²) in [6.45, 7) is 0. The summed E-state index contributed by atoms with van der Waals surface area (Å²) in [5.41, 5.74) is -3.79. The highest BCUT2D eigenvalue weighted by molar-refractivity contribution is 8.33. The van der Waals surface area contributed by atoms with Gasteiger partial charge in [0.05, 0.1) is 0 Å². The average Bonchev–Trinajstić information content (AvgIpc) is 2.90. The van der Waals surface area contributed by atoms with E-state index in [1.165, 1.54) is 36.4 Å². The molecule has 0 amide bonds. The minimum absolute atomic E-state index is 0.0727.